The van der Waals surface area contributed by atoms with Gasteiger partial charge in [-0.25, -0.2) is 0 Å². The molecule has 0 aliphatic heterocycles. The van der Waals surface area contributed by atoms with Crippen LogP contribution in [0.3, 0.4) is 0 Å². The Morgan fingerprint density at radius 2 is 1.18 bits per heavy atom. The van der Waals surface area contributed by atoms with Gasteiger partial charge in [-0.1, -0.05) is 99.8 Å². The first-order chi connectivity index (χ1) is 10.4. The summed E-state index contributed by atoms with van der Waals surface area (Å²) in [5.41, 5.74) is 0. The van der Waals surface area contributed by atoms with Crippen LogP contribution in [0, 0.1) is 29.6 Å². The molecule has 0 fully saturated rings. The minimum absolute atomic E-state index is 0.842. The van der Waals surface area contributed by atoms with Crippen LogP contribution in [0.15, 0.2) is 0 Å². The molecule has 0 heterocycles. The fraction of sp³-hybridized carbons (Fsp3) is 1.00. The van der Waals surface area contributed by atoms with Gasteiger partial charge in [0, 0.05) is 0 Å². The Morgan fingerprint density at radius 3 is 1.68 bits per heavy atom. The van der Waals surface area contributed by atoms with Crippen molar-refractivity contribution in [2.45, 2.75) is 113 Å². The molecule has 0 rings (SSSR count). The lowest BCUT2D eigenvalue weighted by molar-refractivity contribution is 0.188. The van der Waals surface area contributed by atoms with Crippen LogP contribution in [0.25, 0.3) is 0 Å². The predicted octanol–water partition coefficient (Wildman–Crippen LogP) is 8.11. The largest absolute Gasteiger partial charge is 0.0654 e. The number of rotatable bonds is 14. The molecule has 0 aromatic heterocycles. The van der Waals surface area contributed by atoms with Crippen LogP contribution in [0.1, 0.15) is 113 Å². The molecule has 134 valence electrons. The zero-order valence-electron chi connectivity index (χ0n) is 17.0. The quantitative estimate of drug-likeness (QED) is 0.284. The fourth-order valence-electron chi connectivity index (χ4n) is 3.77. The van der Waals surface area contributed by atoms with E-state index in [1.54, 1.807) is 0 Å². The van der Waals surface area contributed by atoms with Crippen molar-refractivity contribution in [3.8, 4) is 0 Å². The molecule has 0 radical (unpaired) electrons. The zero-order chi connectivity index (χ0) is 17.0. The van der Waals surface area contributed by atoms with Gasteiger partial charge in [0.1, 0.15) is 0 Å². The van der Waals surface area contributed by atoms with E-state index in [4.69, 9.17) is 0 Å². The van der Waals surface area contributed by atoms with Crippen molar-refractivity contribution in [2.75, 3.05) is 0 Å². The summed E-state index contributed by atoms with van der Waals surface area (Å²) in [4.78, 5) is 0. The van der Waals surface area contributed by atoms with Gasteiger partial charge in [0.2, 0.25) is 0 Å². The van der Waals surface area contributed by atoms with Crippen LogP contribution in [-0.4, -0.2) is 0 Å². The van der Waals surface area contributed by atoms with E-state index in [2.05, 4.69) is 48.5 Å². The first-order valence-electron chi connectivity index (χ1n) is 10.4. The molecule has 0 saturated carbocycles. The van der Waals surface area contributed by atoms with E-state index in [9.17, 15) is 0 Å². The summed E-state index contributed by atoms with van der Waals surface area (Å²) in [5, 5.41) is 0. The Balaban J connectivity index is 4.53. The predicted molar refractivity (Wildman–Crippen MR) is 103 cm³/mol. The minimum Gasteiger partial charge on any atom is -0.0654 e. The normalized spacial score (nSPS) is 16.2. The number of hydrogen-bond acceptors (Lipinski definition) is 0. The van der Waals surface area contributed by atoms with Crippen molar-refractivity contribution < 1.29 is 0 Å². The average Bonchev–Trinajstić information content (AvgIpc) is 2.47. The first kappa shape index (κ1) is 22.0. The molecule has 0 N–H and O–H groups in total. The third-order valence-corrected chi connectivity index (χ3v) is 5.91. The van der Waals surface area contributed by atoms with Gasteiger partial charge in [-0.15, -0.1) is 0 Å². The van der Waals surface area contributed by atoms with Crippen molar-refractivity contribution in [3.63, 3.8) is 0 Å². The lowest BCUT2D eigenvalue weighted by Crippen LogP contribution is -2.22. The van der Waals surface area contributed by atoms with Crippen LogP contribution < -0.4 is 0 Å². The standard InChI is InChI=1S/C22H46/c1-8-10-12-13-15-22(19(5)6)21(14-11-9-2)17-16-20(7)18(3)4/h18-22H,8-17H2,1-7H3. The molecule has 0 saturated heterocycles. The van der Waals surface area contributed by atoms with E-state index in [0.717, 1.165) is 29.6 Å². The Labute approximate surface area is 142 Å². The van der Waals surface area contributed by atoms with Gasteiger partial charge in [-0.2, -0.15) is 0 Å². The van der Waals surface area contributed by atoms with E-state index in [1.165, 1.54) is 64.2 Å². The van der Waals surface area contributed by atoms with Gasteiger partial charge < -0.3 is 0 Å². The van der Waals surface area contributed by atoms with Gasteiger partial charge in [0.15, 0.2) is 0 Å². The third-order valence-electron chi connectivity index (χ3n) is 5.91. The van der Waals surface area contributed by atoms with Gasteiger partial charge in [-0.3, -0.25) is 0 Å². The highest BCUT2D eigenvalue weighted by Crippen LogP contribution is 2.35. The molecule has 0 aliphatic carbocycles. The average molecular weight is 311 g/mol. The highest BCUT2D eigenvalue weighted by atomic mass is 14.3. The van der Waals surface area contributed by atoms with Crippen LogP contribution >= 0.6 is 0 Å². The summed E-state index contributed by atoms with van der Waals surface area (Å²) >= 11 is 0. The maximum atomic E-state index is 2.47. The smallest absolute Gasteiger partial charge is 0.0363 e. The Bertz CT molecular complexity index is 228. The monoisotopic (exact) mass is 310 g/mol. The molecule has 0 bridgehead atoms. The summed E-state index contributed by atoms with van der Waals surface area (Å²) in [7, 11) is 0. The highest BCUT2D eigenvalue weighted by molar-refractivity contribution is 4.75. The maximum Gasteiger partial charge on any atom is -0.0363 e. The molecule has 22 heavy (non-hydrogen) atoms. The summed E-state index contributed by atoms with van der Waals surface area (Å²) in [6.07, 6.45) is 14.3. The lowest BCUT2D eigenvalue weighted by atomic mass is 9.74. The zero-order valence-corrected chi connectivity index (χ0v) is 17.0. The van der Waals surface area contributed by atoms with Crippen LogP contribution in [0.4, 0.5) is 0 Å². The third kappa shape index (κ3) is 9.90. The van der Waals surface area contributed by atoms with Crippen LogP contribution in [0.5, 0.6) is 0 Å². The lowest BCUT2D eigenvalue weighted by Gasteiger charge is -2.32. The molecule has 0 aromatic rings. The van der Waals surface area contributed by atoms with Gasteiger partial charge in [0.25, 0.3) is 0 Å². The maximum absolute atomic E-state index is 2.47. The van der Waals surface area contributed by atoms with Crippen molar-refractivity contribution in [3.05, 3.63) is 0 Å². The molecule has 0 nitrogen and oxygen atoms in total. The second kappa shape index (κ2) is 13.4. The summed E-state index contributed by atoms with van der Waals surface area (Å²) in [6, 6.07) is 0. The second-order valence-corrected chi connectivity index (χ2v) is 8.46. The highest BCUT2D eigenvalue weighted by Gasteiger charge is 2.24. The summed E-state index contributed by atoms with van der Waals surface area (Å²) in [6.45, 7) is 16.8. The molecular formula is C22H46. The van der Waals surface area contributed by atoms with Crippen molar-refractivity contribution in [2.24, 2.45) is 29.6 Å². The molecule has 0 aliphatic rings. The summed E-state index contributed by atoms with van der Waals surface area (Å²) < 4.78 is 0. The molecular weight excluding hydrogens is 264 g/mol. The number of hydrogen-bond donors (Lipinski definition) is 0. The SMILES string of the molecule is CCCCCCC(C(C)C)C(CCCC)CCC(C)C(C)C. The Hall–Kier alpha value is 0. The Kier molecular flexibility index (Phi) is 13.4. The van der Waals surface area contributed by atoms with Gasteiger partial charge >= 0.3 is 0 Å². The topological polar surface area (TPSA) is 0 Å². The first-order valence-corrected chi connectivity index (χ1v) is 10.4. The molecule has 0 heteroatoms. The molecule has 3 unspecified atom stereocenters. The van der Waals surface area contributed by atoms with Gasteiger partial charge in [0.05, 0.1) is 0 Å². The molecule has 0 aromatic carbocycles. The van der Waals surface area contributed by atoms with Crippen molar-refractivity contribution in [1.82, 2.24) is 0 Å². The van der Waals surface area contributed by atoms with E-state index < -0.39 is 0 Å². The molecule has 0 spiro atoms. The molecule has 3 atom stereocenters. The summed E-state index contributed by atoms with van der Waals surface area (Å²) in [5.74, 6) is 4.52. The van der Waals surface area contributed by atoms with E-state index in [0.29, 0.717) is 0 Å². The second-order valence-electron chi connectivity index (χ2n) is 8.46. The van der Waals surface area contributed by atoms with Crippen LogP contribution in [-0.2, 0) is 0 Å². The minimum atomic E-state index is 0.842. The van der Waals surface area contributed by atoms with E-state index >= 15 is 0 Å². The van der Waals surface area contributed by atoms with Crippen LogP contribution in [0.2, 0.25) is 0 Å². The fourth-order valence-corrected chi connectivity index (χ4v) is 3.77. The van der Waals surface area contributed by atoms with Gasteiger partial charge in [-0.05, 0) is 42.4 Å². The Morgan fingerprint density at radius 1 is 0.545 bits per heavy atom. The number of unbranched alkanes of at least 4 members (excludes halogenated alkanes) is 4. The van der Waals surface area contributed by atoms with Crippen molar-refractivity contribution in [1.29, 1.82) is 0 Å². The van der Waals surface area contributed by atoms with E-state index in [-0.39, 0.29) is 0 Å². The molecule has 0 amide bonds. The van der Waals surface area contributed by atoms with E-state index in [1.807, 2.05) is 0 Å². The van der Waals surface area contributed by atoms with Crippen molar-refractivity contribution >= 4 is 0 Å².